The Morgan fingerprint density at radius 3 is 2.67 bits per heavy atom. The number of aliphatic carboxylic acids is 1. The molecule has 4 heteroatoms. The summed E-state index contributed by atoms with van der Waals surface area (Å²) >= 11 is 0. The minimum absolute atomic E-state index is 0.694. The van der Waals surface area contributed by atoms with E-state index in [1.54, 1.807) is 6.20 Å². The average Bonchev–Trinajstić information content (AvgIpc) is 2.47. The summed E-state index contributed by atoms with van der Waals surface area (Å²) in [5, 5.41) is 8.72. The van der Waals surface area contributed by atoms with Gasteiger partial charge in [0.2, 0.25) is 0 Å². The van der Waals surface area contributed by atoms with Crippen LogP contribution in [0.3, 0.4) is 0 Å². The molecule has 0 radical (unpaired) electrons. The summed E-state index contributed by atoms with van der Waals surface area (Å²) in [6.07, 6.45) is 4.32. The maximum Gasteiger partial charge on any atom is 0.328 e. The molecule has 21 heavy (non-hydrogen) atoms. The van der Waals surface area contributed by atoms with Crippen molar-refractivity contribution in [1.29, 1.82) is 0 Å². The standard InChI is InChI=1S/C17H18N2O2/c1-19(12-14-6-3-2-4-7-14)13-15-8-5-11-18-16(15)9-10-17(20)21/h2-11H,12-13H2,1H3,(H,20,21)/b10-9+. The maximum absolute atomic E-state index is 10.6. The van der Waals surface area contributed by atoms with Gasteiger partial charge in [0.05, 0.1) is 5.69 Å². The molecule has 0 fully saturated rings. The second-order valence-corrected chi connectivity index (χ2v) is 4.88. The molecule has 1 aromatic carbocycles. The number of rotatable bonds is 6. The van der Waals surface area contributed by atoms with E-state index in [2.05, 4.69) is 22.0 Å². The molecule has 0 saturated heterocycles. The summed E-state index contributed by atoms with van der Waals surface area (Å²) in [5.41, 5.74) is 2.94. The Balaban J connectivity index is 2.07. The van der Waals surface area contributed by atoms with Crippen LogP contribution in [-0.4, -0.2) is 28.0 Å². The molecule has 0 unspecified atom stereocenters. The lowest BCUT2D eigenvalue weighted by molar-refractivity contribution is -0.131. The van der Waals surface area contributed by atoms with Crippen molar-refractivity contribution in [2.75, 3.05) is 7.05 Å². The van der Waals surface area contributed by atoms with Gasteiger partial charge in [-0.2, -0.15) is 0 Å². The third kappa shape index (κ3) is 4.85. The summed E-state index contributed by atoms with van der Waals surface area (Å²) < 4.78 is 0. The van der Waals surface area contributed by atoms with Crippen LogP contribution in [-0.2, 0) is 17.9 Å². The van der Waals surface area contributed by atoms with Gasteiger partial charge in [0.25, 0.3) is 0 Å². The number of carboxylic acid groups (broad SMARTS) is 1. The van der Waals surface area contributed by atoms with Gasteiger partial charge in [0.1, 0.15) is 0 Å². The van der Waals surface area contributed by atoms with Gasteiger partial charge in [-0.1, -0.05) is 36.4 Å². The van der Waals surface area contributed by atoms with Crippen LogP contribution in [0, 0.1) is 0 Å². The van der Waals surface area contributed by atoms with Gasteiger partial charge in [0, 0.05) is 25.4 Å². The number of hydrogen-bond acceptors (Lipinski definition) is 3. The van der Waals surface area contributed by atoms with E-state index in [1.807, 2.05) is 37.4 Å². The molecule has 0 spiro atoms. The Labute approximate surface area is 124 Å². The Morgan fingerprint density at radius 1 is 1.19 bits per heavy atom. The van der Waals surface area contributed by atoms with Crippen molar-refractivity contribution in [2.45, 2.75) is 13.1 Å². The lowest BCUT2D eigenvalue weighted by Gasteiger charge is -2.17. The highest BCUT2D eigenvalue weighted by atomic mass is 16.4. The molecule has 0 saturated carbocycles. The number of nitrogens with zero attached hydrogens (tertiary/aromatic N) is 2. The van der Waals surface area contributed by atoms with Crippen molar-refractivity contribution in [1.82, 2.24) is 9.88 Å². The Morgan fingerprint density at radius 2 is 1.95 bits per heavy atom. The van der Waals surface area contributed by atoms with Gasteiger partial charge in [-0.15, -0.1) is 0 Å². The Hall–Kier alpha value is -2.46. The quantitative estimate of drug-likeness (QED) is 0.828. The highest BCUT2D eigenvalue weighted by molar-refractivity contribution is 5.85. The lowest BCUT2D eigenvalue weighted by atomic mass is 10.1. The van der Waals surface area contributed by atoms with Crippen molar-refractivity contribution < 1.29 is 9.90 Å². The molecule has 0 aliphatic rings. The average molecular weight is 282 g/mol. The summed E-state index contributed by atoms with van der Waals surface area (Å²) in [4.78, 5) is 17.0. The van der Waals surface area contributed by atoms with Gasteiger partial charge >= 0.3 is 5.97 Å². The zero-order valence-corrected chi connectivity index (χ0v) is 11.9. The lowest BCUT2D eigenvalue weighted by Crippen LogP contribution is -2.18. The molecule has 1 aromatic heterocycles. The molecule has 0 atom stereocenters. The number of carbonyl (C=O) groups is 1. The molecule has 1 heterocycles. The first-order chi connectivity index (χ1) is 10.1. The number of pyridine rings is 1. The highest BCUT2D eigenvalue weighted by Crippen LogP contribution is 2.12. The predicted molar refractivity (Wildman–Crippen MR) is 82.5 cm³/mol. The minimum Gasteiger partial charge on any atom is -0.478 e. The molecule has 0 bridgehead atoms. The number of benzene rings is 1. The molecule has 4 nitrogen and oxygen atoms in total. The fourth-order valence-electron chi connectivity index (χ4n) is 2.13. The van der Waals surface area contributed by atoms with Crippen molar-refractivity contribution in [2.24, 2.45) is 0 Å². The first-order valence-electron chi connectivity index (χ1n) is 6.72. The van der Waals surface area contributed by atoms with E-state index in [9.17, 15) is 4.79 Å². The van der Waals surface area contributed by atoms with Gasteiger partial charge in [0.15, 0.2) is 0 Å². The van der Waals surface area contributed by atoms with Gasteiger partial charge < -0.3 is 5.11 Å². The summed E-state index contributed by atoms with van der Waals surface area (Å²) in [5.74, 6) is -0.968. The molecule has 108 valence electrons. The van der Waals surface area contributed by atoms with Crippen molar-refractivity contribution in [3.8, 4) is 0 Å². The fourth-order valence-corrected chi connectivity index (χ4v) is 2.13. The zero-order valence-electron chi connectivity index (χ0n) is 11.9. The van der Waals surface area contributed by atoms with Crippen molar-refractivity contribution in [3.63, 3.8) is 0 Å². The topological polar surface area (TPSA) is 53.4 Å². The Kier molecular flexibility index (Phi) is 5.23. The molecule has 2 aromatic rings. The molecule has 2 rings (SSSR count). The number of hydrogen-bond donors (Lipinski definition) is 1. The van der Waals surface area contributed by atoms with E-state index in [4.69, 9.17) is 5.11 Å². The predicted octanol–water partition coefficient (Wildman–Crippen LogP) is 2.81. The molecule has 0 amide bonds. The third-order valence-electron chi connectivity index (χ3n) is 3.05. The smallest absolute Gasteiger partial charge is 0.328 e. The van der Waals surface area contributed by atoms with Gasteiger partial charge in [-0.05, 0) is 30.3 Å². The van der Waals surface area contributed by atoms with Gasteiger partial charge in [-0.3, -0.25) is 9.88 Å². The van der Waals surface area contributed by atoms with Gasteiger partial charge in [-0.25, -0.2) is 4.79 Å². The third-order valence-corrected chi connectivity index (χ3v) is 3.05. The van der Waals surface area contributed by atoms with Crippen molar-refractivity contribution >= 4 is 12.0 Å². The second-order valence-electron chi connectivity index (χ2n) is 4.88. The van der Waals surface area contributed by atoms with Crippen LogP contribution in [0.25, 0.3) is 6.08 Å². The van der Waals surface area contributed by atoms with Crippen LogP contribution in [0.15, 0.2) is 54.7 Å². The van der Waals surface area contributed by atoms with Crippen LogP contribution in [0.4, 0.5) is 0 Å². The second kappa shape index (κ2) is 7.36. The van der Waals surface area contributed by atoms with Crippen LogP contribution in [0.5, 0.6) is 0 Å². The maximum atomic E-state index is 10.6. The Bertz CT molecular complexity index is 624. The zero-order chi connectivity index (χ0) is 15.1. The first-order valence-corrected chi connectivity index (χ1v) is 6.72. The summed E-state index contributed by atoms with van der Waals surface area (Å²) in [7, 11) is 2.03. The molecular weight excluding hydrogens is 264 g/mol. The molecule has 0 aliphatic carbocycles. The fraction of sp³-hybridized carbons (Fsp3) is 0.176. The normalized spacial score (nSPS) is 11.1. The van der Waals surface area contributed by atoms with E-state index in [-0.39, 0.29) is 0 Å². The van der Waals surface area contributed by atoms with E-state index in [0.717, 1.165) is 18.2 Å². The summed E-state index contributed by atoms with van der Waals surface area (Å²) in [6.45, 7) is 1.54. The van der Waals surface area contributed by atoms with Crippen LogP contribution in [0.1, 0.15) is 16.8 Å². The first kappa shape index (κ1) is 14.9. The van der Waals surface area contributed by atoms with E-state index in [1.165, 1.54) is 11.6 Å². The van der Waals surface area contributed by atoms with Crippen LogP contribution in [0.2, 0.25) is 0 Å². The van der Waals surface area contributed by atoms with E-state index < -0.39 is 5.97 Å². The summed E-state index contributed by atoms with van der Waals surface area (Å²) in [6, 6.07) is 14.1. The van der Waals surface area contributed by atoms with Crippen LogP contribution < -0.4 is 0 Å². The van der Waals surface area contributed by atoms with E-state index in [0.29, 0.717) is 12.2 Å². The SMILES string of the molecule is CN(Cc1ccccc1)Cc1cccnc1/C=C/C(=O)O. The van der Waals surface area contributed by atoms with Crippen LogP contribution >= 0.6 is 0 Å². The molecule has 1 N–H and O–H groups in total. The molecule has 0 aliphatic heterocycles. The monoisotopic (exact) mass is 282 g/mol. The largest absolute Gasteiger partial charge is 0.478 e. The van der Waals surface area contributed by atoms with E-state index >= 15 is 0 Å². The highest BCUT2D eigenvalue weighted by Gasteiger charge is 2.05. The molecular formula is C17H18N2O2. The van der Waals surface area contributed by atoms with Crippen molar-refractivity contribution in [3.05, 3.63) is 71.6 Å². The number of carboxylic acids is 1. The number of aromatic nitrogens is 1. The minimum atomic E-state index is -0.968.